The number of pyridine rings is 1. The maximum atomic E-state index is 13.0. The number of nitrogens with zero attached hydrogens (tertiary/aromatic N) is 1. The molecule has 5 rings (SSSR count). The van der Waals surface area contributed by atoms with E-state index in [1.54, 1.807) is 24.5 Å². The zero-order valence-corrected chi connectivity index (χ0v) is 15.4. The molecule has 3 aliphatic rings. The summed E-state index contributed by atoms with van der Waals surface area (Å²) in [5.74, 6) is -0.670. The second-order valence-electron chi connectivity index (χ2n) is 8.10. The van der Waals surface area contributed by atoms with Crippen LogP contribution in [0.5, 0.6) is 0 Å². The van der Waals surface area contributed by atoms with Gasteiger partial charge in [0.2, 0.25) is 5.91 Å². The molecule has 2 amide bonds. The van der Waals surface area contributed by atoms with Gasteiger partial charge in [-0.2, -0.15) is 0 Å². The number of hydrogen-bond donors (Lipinski definition) is 2. The Hall–Kier alpha value is -2.76. The summed E-state index contributed by atoms with van der Waals surface area (Å²) in [7, 11) is 0. The summed E-state index contributed by atoms with van der Waals surface area (Å²) in [5, 5.41) is 5.98. The number of anilines is 1. The average molecular weight is 367 g/mol. The lowest BCUT2D eigenvalue weighted by Crippen LogP contribution is -2.77. The lowest BCUT2D eigenvalue weighted by Gasteiger charge is -2.72. The fourth-order valence-electron chi connectivity index (χ4n) is 4.51. The number of halogens is 1. The highest BCUT2D eigenvalue weighted by Gasteiger charge is 2.71. The van der Waals surface area contributed by atoms with E-state index in [1.165, 1.54) is 12.1 Å². The quantitative estimate of drug-likeness (QED) is 0.850. The molecule has 0 aliphatic heterocycles. The summed E-state index contributed by atoms with van der Waals surface area (Å²) in [6.07, 6.45) is 5.71. The van der Waals surface area contributed by atoms with E-state index in [2.05, 4.69) is 15.6 Å². The van der Waals surface area contributed by atoms with E-state index in [4.69, 9.17) is 0 Å². The maximum absolute atomic E-state index is 13.0. The van der Waals surface area contributed by atoms with Gasteiger partial charge >= 0.3 is 0 Å². The van der Waals surface area contributed by atoms with Crippen LogP contribution in [-0.4, -0.2) is 22.3 Å². The molecule has 2 N–H and O–H groups in total. The third-order valence-electron chi connectivity index (χ3n) is 6.01. The van der Waals surface area contributed by atoms with Crippen molar-refractivity contribution >= 4 is 17.5 Å². The van der Waals surface area contributed by atoms with Crippen molar-refractivity contribution in [3.05, 3.63) is 59.7 Å². The first-order valence-corrected chi connectivity index (χ1v) is 9.12. The van der Waals surface area contributed by atoms with Gasteiger partial charge in [-0.3, -0.25) is 14.6 Å². The number of hydrogen-bond acceptors (Lipinski definition) is 3. The molecule has 0 saturated heterocycles. The zero-order valence-electron chi connectivity index (χ0n) is 15.4. The van der Waals surface area contributed by atoms with Crippen molar-refractivity contribution < 1.29 is 14.0 Å². The molecule has 0 radical (unpaired) electrons. The zero-order chi connectivity index (χ0) is 19.2. The summed E-state index contributed by atoms with van der Waals surface area (Å²) < 4.78 is 13.0. The van der Waals surface area contributed by atoms with E-state index in [0.717, 1.165) is 24.8 Å². The van der Waals surface area contributed by atoms with Gasteiger partial charge in [0.05, 0.1) is 5.56 Å². The Kier molecular flexibility index (Phi) is 4.02. The number of benzene rings is 1. The first-order valence-electron chi connectivity index (χ1n) is 9.12. The number of aromatic nitrogens is 1. The minimum atomic E-state index is -0.332. The lowest BCUT2D eigenvalue weighted by atomic mass is 9.36. The predicted octanol–water partition coefficient (Wildman–Crippen LogP) is 3.46. The Morgan fingerprint density at radius 3 is 2.44 bits per heavy atom. The number of rotatable bonds is 5. The van der Waals surface area contributed by atoms with E-state index in [0.29, 0.717) is 11.3 Å². The molecule has 3 saturated carbocycles. The van der Waals surface area contributed by atoms with Gasteiger partial charge < -0.3 is 10.6 Å². The first kappa shape index (κ1) is 17.6. The SMILES string of the molecule is Cc1cncc(C(=O)NC23CC(C(C)C(=O)Nc4ccc(F)cc4)(C2)C3)c1. The minimum absolute atomic E-state index is 0.0533. The molecule has 27 heavy (non-hydrogen) atoms. The molecule has 3 fully saturated rings. The molecule has 1 heterocycles. The third kappa shape index (κ3) is 3.09. The van der Waals surface area contributed by atoms with E-state index < -0.39 is 0 Å². The second kappa shape index (κ2) is 6.15. The molecule has 140 valence electrons. The largest absolute Gasteiger partial charge is 0.346 e. The van der Waals surface area contributed by atoms with Crippen molar-refractivity contribution in [1.29, 1.82) is 0 Å². The standard InChI is InChI=1S/C21H22FN3O2/c1-13-7-15(9-23-8-13)19(27)25-21-10-20(11-21,12-21)14(2)18(26)24-17-5-3-16(22)4-6-17/h3-9,14H,10-12H2,1-2H3,(H,24,26)(H,25,27). The van der Waals surface area contributed by atoms with Crippen LogP contribution in [-0.2, 0) is 4.79 Å². The second-order valence-corrected chi connectivity index (χ2v) is 8.10. The number of amides is 2. The van der Waals surface area contributed by atoms with Gasteiger partial charge in [-0.1, -0.05) is 6.92 Å². The molecule has 0 spiro atoms. The van der Waals surface area contributed by atoms with Crippen LogP contribution in [0.25, 0.3) is 0 Å². The molecule has 2 aromatic rings. The molecular formula is C21H22FN3O2. The van der Waals surface area contributed by atoms with E-state index in [9.17, 15) is 14.0 Å². The molecule has 1 aromatic heterocycles. The highest BCUT2D eigenvalue weighted by molar-refractivity contribution is 5.96. The Balaban J connectivity index is 1.33. The average Bonchev–Trinajstić information content (AvgIpc) is 2.58. The predicted molar refractivity (Wildman–Crippen MR) is 99.6 cm³/mol. The van der Waals surface area contributed by atoms with E-state index >= 15 is 0 Å². The Morgan fingerprint density at radius 1 is 1.15 bits per heavy atom. The fraction of sp³-hybridized carbons (Fsp3) is 0.381. The Bertz CT molecular complexity index is 890. The van der Waals surface area contributed by atoms with Crippen molar-refractivity contribution in [2.45, 2.75) is 38.6 Å². The van der Waals surface area contributed by atoms with Crippen LogP contribution in [0.4, 0.5) is 10.1 Å². The summed E-state index contributed by atoms with van der Waals surface area (Å²) >= 11 is 0. The number of carbonyl (C=O) groups excluding carboxylic acids is 2. The number of aryl methyl sites for hydroxylation is 1. The molecular weight excluding hydrogens is 345 g/mol. The van der Waals surface area contributed by atoms with Gasteiger partial charge in [0.25, 0.3) is 5.91 Å². The molecule has 1 unspecified atom stereocenters. The van der Waals surface area contributed by atoms with Crippen LogP contribution in [0.2, 0.25) is 0 Å². The normalized spacial score (nSPS) is 26.3. The van der Waals surface area contributed by atoms with Gasteiger partial charge in [0, 0.05) is 29.5 Å². The van der Waals surface area contributed by atoms with Gasteiger partial charge in [0.1, 0.15) is 5.82 Å². The van der Waals surface area contributed by atoms with Crippen LogP contribution in [0, 0.1) is 24.1 Å². The van der Waals surface area contributed by atoms with Gasteiger partial charge in [-0.15, -0.1) is 0 Å². The fourth-order valence-corrected chi connectivity index (χ4v) is 4.51. The number of nitrogens with one attached hydrogen (secondary N) is 2. The summed E-state index contributed by atoms with van der Waals surface area (Å²) in [6.45, 7) is 3.83. The Labute approximate surface area is 157 Å². The van der Waals surface area contributed by atoms with Gasteiger partial charge in [-0.05, 0) is 67.5 Å². The molecule has 1 atom stereocenters. The van der Waals surface area contributed by atoms with Crippen molar-refractivity contribution in [2.24, 2.45) is 11.3 Å². The van der Waals surface area contributed by atoms with E-state index in [-0.39, 0.29) is 34.5 Å². The highest BCUT2D eigenvalue weighted by atomic mass is 19.1. The highest BCUT2D eigenvalue weighted by Crippen LogP contribution is 2.70. The number of carbonyl (C=O) groups is 2. The lowest BCUT2D eigenvalue weighted by molar-refractivity contribution is -0.184. The Morgan fingerprint density at radius 2 is 1.81 bits per heavy atom. The third-order valence-corrected chi connectivity index (χ3v) is 6.01. The van der Waals surface area contributed by atoms with Gasteiger partial charge in [0.15, 0.2) is 0 Å². The summed E-state index contributed by atoms with van der Waals surface area (Å²) in [6, 6.07) is 7.58. The molecule has 6 heteroatoms. The summed E-state index contributed by atoms with van der Waals surface area (Å²) in [4.78, 5) is 29.1. The van der Waals surface area contributed by atoms with Crippen LogP contribution in [0.3, 0.4) is 0 Å². The van der Waals surface area contributed by atoms with Crippen LogP contribution < -0.4 is 10.6 Å². The van der Waals surface area contributed by atoms with Crippen LogP contribution in [0.15, 0.2) is 42.7 Å². The van der Waals surface area contributed by atoms with Crippen molar-refractivity contribution in [3.8, 4) is 0 Å². The van der Waals surface area contributed by atoms with Crippen molar-refractivity contribution in [1.82, 2.24) is 10.3 Å². The smallest absolute Gasteiger partial charge is 0.253 e. The first-order chi connectivity index (χ1) is 12.8. The van der Waals surface area contributed by atoms with Crippen molar-refractivity contribution in [3.63, 3.8) is 0 Å². The molecule has 1 aromatic carbocycles. The molecule has 2 bridgehead atoms. The minimum Gasteiger partial charge on any atom is -0.346 e. The maximum Gasteiger partial charge on any atom is 0.253 e. The van der Waals surface area contributed by atoms with Crippen molar-refractivity contribution in [2.75, 3.05) is 5.32 Å². The van der Waals surface area contributed by atoms with E-state index in [1.807, 2.05) is 19.9 Å². The summed E-state index contributed by atoms with van der Waals surface area (Å²) in [5.41, 5.74) is 1.86. The molecule has 5 nitrogen and oxygen atoms in total. The van der Waals surface area contributed by atoms with Crippen LogP contribution >= 0.6 is 0 Å². The van der Waals surface area contributed by atoms with Gasteiger partial charge in [-0.25, -0.2) is 4.39 Å². The van der Waals surface area contributed by atoms with Crippen LogP contribution in [0.1, 0.15) is 42.1 Å². The topological polar surface area (TPSA) is 71.1 Å². The molecule has 3 aliphatic carbocycles. The monoisotopic (exact) mass is 367 g/mol.